The Kier molecular flexibility index (Phi) is 4.32. The number of likely N-dealkylation sites (tertiary alicyclic amines) is 1. The molecule has 2 atom stereocenters. The number of amides is 1. The minimum Gasteiger partial charge on any atom is -0.467 e. The number of hydrogen-bond acceptors (Lipinski definition) is 4. The van der Waals surface area contributed by atoms with Crippen molar-refractivity contribution in [3.05, 3.63) is 0 Å². The Bertz CT molecular complexity index is 322. The van der Waals surface area contributed by atoms with Crippen LogP contribution in [0.5, 0.6) is 0 Å². The molecule has 16 heavy (non-hydrogen) atoms. The first-order valence-corrected chi connectivity index (χ1v) is 5.19. The molecule has 1 fully saturated rings. The summed E-state index contributed by atoms with van der Waals surface area (Å²) < 4.78 is 4.64. The van der Waals surface area contributed by atoms with Crippen LogP contribution in [-0.4, -0.2) is 42.5 Å². The van der Waals surface area contributed by atoms with Gasteiger partial charge in [-0.3, -0.25) is 4.79 Å². The number of carbonyl (C=O) groups excluding carboxylic acids is 2. The van der Waals surface area contributed by atoms with Crippen LogP contribution in [0.25, 0.3) is 0 Å². The fraction of sp³-hybridized carbons (Fsp3) is 0.636. The van der Waals surface area contributed by atoms with Crippen LogP contribution in [0.2, 0.25) is 0 Å². The molecule has 0 aromatic heterocycles. The molecule has 2 unspecified atom stereocenters. The molecule has 5 nitrogen and oxygen atoms in total. The van der Waals surface area contributed by atoms with E-state index in [1.54, 1.807) is 0 Å². The third-order valence-electron chi connectivity index (χ3n) is 2.66. The van der Waals surface area contributed by atoms with Crippen molar-refractivity contribution in [2.75, 3.05) is 13.7 Å². The highest BCUT2D eigenvalue weighted by Gasteiger charge is 2.36. The van der Waals surface area contributed by atoms with Crippen molar-refractivity contribution < 1.29 is 14.3 Å². The van der Waals surface area contributed by atoms with Gasteiger partial charge in [-0.15, -0.1) is 12.3 Å². The normalized spacial score (nSPS) is 21.3. The SMILES string of the molecule is C#CCC(N)C(=O)N1CCCC1C(=O)OC. The van der Waals surface area contributed by atoms with Crippen molar-refractivity contribution in [2.45, 2.75) is 31.3 Å². The number of hydrogen-bond donors (Lipinski definition) is 1. The van der Waals surface area contributed by atoms with E-state index in [0.717, 1.165) is 6.42 Å². The molecule has 88 valence electrons. The minimum atomic E-state index is -0.727. The van der Waals surface area contributed by atoms with Crippen molar-refractivity contribution >= 4 is 11.9 Å². The molecule has 1 rings (SSSR count). The van der Waals surface area contributed by atoms with E-state index in [1.807, 2.05) is 0 Å². The van der Waals surface area contributed by atoms with Gasteiger partial charge in [0.25, 0.3) is 0 Å². The van der Waals surface area contributed by atoms with E-state index in [-0.39, 0.29) is 12.3 Å². The van der Waals surface area contributed by atoms with Gasteiger partial charge in [0.15, 0.2) is 0 Å². The summed E-state index contributed by atoms with van der Waals surface area (Å²) in [6, 6.07) is -1.23. The largest absolute Gasteiger partial charge is 0.467 e. The molecule has 1 amide bonds. The fourth-order valence-corrected chi connectivity index (χ4v) is 1.84. The molecule has 2 N–H and O–H groups in total. The smallest absolute Gasteiger partial charge is 0.328 e. The topological polar surface area (TPSA) is 72.6 Å². The number of terminal acetylenes is 1. The van der Waals surface area contributed by atoms with Gasteiger partial charge in [0.2, 0.25) is 5.91 Å². The standard InChI is InChI=1S/C11H16N2O3/c1-3-5-8(12)10(14)13-7-4-6-9(13)11(15)16-2/h1,8-9H,4-7,12H2,2H3. The molecule has 1 heterocycles. The van der Waals surface area contributed by atoms with Crippen LogP contribution in [-0.2, 0) is 14.3 Å². The van der Waals surface area contributed by atoms with Gasteiger partial charge in [0.1, 0.15) is 6.04 Å². The molecule has 0 bridgehead atoms. The van der Waals surface area contributed by atoms with Crippen molar-refractivity contribution in [1.29, 1.82) is 0 Å². The highest BCUT2D eigenvalue weighted by Crippen LogP contribution is 2.19. The average molecular weight is 224 g/mol. The Hall–Kier alpha value is -1.54. The molecule has 0 aliphatic carbocycles. The van der Waals surface area contributed by atoms with Crippen LogP contribution in [0.1, 0.15) is 19.3 Å². The third kappa shape index (κ3) is 2.52. The molecule has 5 heteroatoms. The van der Waals surface area contributed by atoms with E-state index < -0.39 is 18.1 Å². The van der Waals surface area contributed by atoms with Gasteiger partial charge < -0.3 is 15.4 Å². The Labute approximate surface area is 94.9 Å². The lowest BCUT2D eigenvalue weighted by Crippen LogP contribution is -2.48. The Morgan fingerprint density at radius 1 is 1.69 bits per heavy atom. The van der Waals surface area contributed by atoms with Gasteiger partial charge in [-0.1, -0.05) is 0 Å². The highest BCUT2D eigenvalue weighted by atomic mass is 16.5. The summed E-state index contributed by atoms with van der Waals surface area (Å²) in [6.45, 7) is 0.539. The second-order valence-corrected chi connectivity index (χ2v) is 3.73. The molecular formula is C11H16N2O3. The molecule has 1 aliphatic rings. The molecule has 0 aromatic carbocycles. The Balaban J connectivity index is 2.68. The Morgan fingerprint density at radius 3 is 2.94 bits per heavy atom. The van der Waals surface area contributed by atoms with Gasteiger partial charge in [0.05, 0.1) is 13.2 Å². The maximum Gasteiger partial charge on any atom is 0.328 e. The van der Waals surface area contributed by atoms with Gasteiger partial charge in [-0.2, -0.15) is 0 Å². The summed E-state index contributed by atoms with van der Waals surface area (Å²) in [6.07, 6.45) is 6.69. The molecule has 0 saturated carbocycles. The van der Waals surface area contributed by atoms with Gasteiger partial charge in [0, 0.05) is 13.0 Å². The number of esters is 1. The van der Waals surface area contributed by atoms with E-state index >= 15 is 0 Å². The number of ether oxygens (including phenoxy) is 1. The second-order valence-electron chi connectivity index (χ2n) is 3.73. The number of methoxy groups -OCH3 is 1. The third-order valence-corrected chi connectivity index (χ3v) is 2.66. The van der Waals surface area contributed by atoms with Gasteiger partial charge in [-0.25, -0.2) is 4.79 Å². The summed E-state index contributed by atoms with van der Waals surface area (Å²) in [5, 5.41) is 0. The lowest BCUT2D eigenvalue weighted by atomic mass is 10.1. The molecule has 0 radical (unpaired) electrons. The summed E-state index contributed by atoms with van der Waals surface area (Å²) in [4.78, 5) is 24.7. The fourth-order valence-electron chi connectivity index (χ4n) is 1.84. The maximum atomic E-state index is 11.9. The number of rotatable bonds is 3. The summed E-state index contributed by atoms with van der Waals surface area (Å²) in [5.74, 6) is 1.68. The summed E-state index contributed by atoms with van der Waals surface area (Å²) in [7, 11) is 1.31. The van der Waals surface area contributed by atoms with Crippen molar-refractivity contribution in [1.82, 2.24) is 4.90 Å². The van der Waals surface area contributed by atoms with Crippen LogP contribution < -0.4 is 5.73 Å². The second kappa shape index (κ2) is 5.52. The molecule has 0 aromatic rings. The summed E-state index contributed by atoms with van der Waals surface area (Å²) in [5.41, 5.74) is 5.63. The Morgan fingerprint density at radius 2 is 2.38 bits per heavy atom. The van der Waals surface area contributed by atoms with Crippen molar-refractivity contribution in [2.24, 2.45) is 5.73 Å². The van der Waals surface area contributed by atoms with E-state index in [4.69, 9.17) is 12.2 Å². The molecular weight excluding hydrogens is 208 g/mol. The number of carbonyl (C=O) groups is 2. The van der Waals surface area contributed by atoms with Crippen molar-refractivity contribution in [3.63, 3.8) is 0 Å². The zero-order valence-corrected chi connectivity index (χ0v) is 9.31. The van der Waals surface area contributed by atoms with E-state index in [2.05, 4.69) is 10.7 Å². The zero-order chi connectivity index (χ0) is 12.1. The van der Waals surface area contributed by atoms with Crippen LogP contribution in [0.15, 0.2) is 0 Å². The van der Waals surface area contributed by atoms with Crippen LogP contribution in [0.4, 0.5) is 0 Å². The van der Waals surface area contributed by atoms with E-state index in [9.17, 15) is 9.59 Å². The lowest BCUT2D eigenvalue weighted by Gasteiger charge is -2.24. The molecule has 1 saturated heterocycles. The predicted octanol–water partition coefficient (Wildman–Crippen LogP) is -0.499. The number of nitrogens with two attached hydrogens (primary N) is 1. The first kappa shape index (κ1) is 12.5. The van der Waals surface area contributed by atoms with E-state index in [1.165, 1.54) is 12.0 Å². The molecule has 0 spiro atoms. The quantitative estimate of drug-likeness (QED) is 0.518. The van der Waals surface area contributed by atoms with Crippen LogP contribution in [0.3, 0.4) is 0 Å². The lowest BCUT2D eigenvalue weighted by molar-refractivity contribution is -0.151. The zero-order valence-electron chi connectivity index (χ0n) is 9.31. The highest BCUT2D eigenvalue weighted by molar-refractivity contribution is 5.88. The van der Waals surface area contributed by atoms with E-state index in [0.29, 0.717) is 13.0 Å². The van der Waals surface area contributed by atoms with Crippen molar-refractivity contribution in [3.8, 4) is 12.3 Å². The molecule has 1 aliphatic heterocycles. The van der Waals surface area contributed by atoms with Gasteiger partial charge >= 0.3 is 5.97 Å². The van der Waals surface area contributed by atoms with Gasteiger partial charge in [-0.05, 0) is 12.8 Å². The maximum absolute atomic E-state index is 11.9. The average Bonchev–Trinajstić information content (AvgIpc) is 2.76. The first-order valence-electron chi connectivity index (χ1n) is 5.19. The first-order chi connectivity index (χ1) is 7.61. The predicted molar refractivity (Wildman–Crippen MR) is 58.2 cm³/mol. The van der Waals surface area contributed by atoms with Crippen LogP contribution in [0, 0.1) is 12.3 Å². The minimum absolute atomic E-state index is 0.184. The van der Waals surface area contributed by atoms with Crippen LogP contribution >= 0.6 is 0 Å². The summed E-state index contributed by atoms with van der Waals surface area (Å²) >= 11 is 0. The monoisotopic (exact) mass is 224 g/mol. The number of nitrogens with zero attached hydrogens (tertiary/aromatic N) is 1.